The quantitative estimate of drug-likeness (QED) is 0.359. The van der Waals surface area contributed by atoms with Crippen LogP contribution in [0.2, 0.25) is 0 Å². The highest BCUT2D eigenvalue weighted by Gasteiger charge is 2.20. The Balaban J connectivity index is 2.02. The molecule has 12 nitrogen and oxygen atoms in total. The van der Waals surface area contributed by atoms with Crippen molar-refractivity contribution in [1.29, 1.82) is 0 Å². The monoisotopic (exact) mass is 465 g/mol. The van der Waals surface area contributed by atoms with Crippen molar-refractivity contribution in [3.8, 4) is 0 Å². The van der Waals surface area contributed by atoms with Crippen LogP contribution in [0.3, 0.4) is 0 Å². The van der Waals surface area contributed by atoms with Crippen molar-refractivity contribution >= 4 is 23.6 Å². The molecule has 1 aromatic rings. The molecule has 182 valence electrons. The fourth-order valence-corrected chi connectivity index (χ4v) is 3.71. The van der Waals surface area contributed by atoms with E-state index in [-0.39, 0.29) is 19.6 Å². The molecule has 0 unspecified atom stereocenters. The largest absolute Gasteiger partial charge is 0.480 e. The standard InChI is InChI=1S/C21H31N5O7/c27-19(28)14-24-8-5-23(6-9-25(11-10-24)15-20(29)30)7-12-26(16-21(31)32)13-17-1-3-18(22-33)4-2-17/h1-4H,5-16H2,(H,27,28)(H,29,30)(H,31,32). The molecule has 1 aromatic carbocycles. The van der Waals surface area contributed by atoms with Crippen molar-refractivity contribution in [2.24, 2.45) is 5.18 Å². The highest BCUT2D eigenvalue weighted by Crippen LogP contribution is 2.14. The molecule has 0 atom stereocenters. The number of carboxylic acid groups (broad SMARTS) is 3. The molecule has 33 heavy (non-hydrogen) atoms. The summed E-state index contributed by atoms with van der Waals surface area (Å²) in [5.74, 6) is -2.83. The maximum absolute atomic E-state index is 11.4. The number of benzene rings is 1. The first kappa shape index (κ1) is 26.3. The summed E-state index contributed by atoms with van der Waals surface area (Å²) >= 11 is 0. The first-order valence-corrected chi connectivity index (χ1v) is 10.7. The van der Waals surface area contributed by atoms with Crippen molar-refractivity contribution in [3.05, 3.63) is 34.7 Å². The number of carbonyl (C=O) groups is 3. The SMILES string of the molecule is O=Nc1ccc(CN(CCN2CCN(CC(=O)O)CCN(CC(=O)O)CC2)CC(=O)O)cc1. The zero-order chi connectivity index (χ0) is 24.2. The molecule has 3 N–H and O–H groups in total. The maximum atomic E-state index is 11.4. The molecule has 1 fully saturated rings. The fraction of sp³-hybridized carbons (Fsp3) is 0.571. The number of nitroso groups, excluding NO2 is 1. The third kappa shape index (κ3) is 10.5. The molecule has 1 aliphatic heterocycles. The van der Waals surface area contributed by atoms with Crippen LogP contribution in [-0.2, 0) is 20.9 Å². The van der Waals surface area contributed by atoms with Crippen molar-refractivity contribution in [1.82, 2.24) is 19.6 Å². The van der Waals surface area contributed by atoms with E-state index in [1.54, 1.807) is 39.0 Å². The van der Waals surface area contributed by atoms with Gasteiger partial charge < -0.3 is 15.3 Å². The summed E-state index contributed by atoms with van der Waals surface area (Å²) in [5, 5.41) is 30.5. The van der Waals surface area contributed by atoms with Crippen LogP contribution < -0.4 is 0 Å². The van der Waals surface area contributed by atoms with Gasteiger partial charge in [0.25, 0.3) is 0 Å². The van der Waals surface area contributed by atoms with Gasteiger partial charge in [0.2, 0.25) is 0 Å². The molecule has 0 saturated carbocycles. The van der Waals surface area contributed by atoms with Gasteiger partial charge in [0.15, 0.2) is 0 Å². The van der Waals surface area contributed by atoms with Gasteiger partial charge in [0.05, 0.1) is 19.6 Å². The van der Waals surface area contributed by atoms with Gasteiger partial charge in [0, 0.05) is 58.9 Å². The van der Waals surface area contributed by atoms with Gasteiger partial charge in [-0.2, -0.15) is 0 Å². The minimum Gasteiger partial charge on any atom is -0.480 e. The Bertz CT molecular complexity index is 777. The van der Waals surface area contributed by atoms with Gasteiger partial charge >= 0.3 is 17.9 Å². The molecule has 0 bridgehead atoms. The lowest BCUT2D eigenvalue weighted by molar-refractivity contribution is -0.140. The summed E-state index contributed by atoms with van der Waals surface area (Å²) in [6, 6.07) is 6.63. The Hall–Kier alpha value is -2.93. The van der Waals surface area contributed by atoms with E-state index in [9.17, 15) is 24.4 Å². The molecule has 2 rings (SSSR count). The molecule has 0 radical (unpaired) electrons. The summed E-state index contributed by atoms with van der Waals surface area (Å²) in [6.45, 7) is 4.14. The van der Waals surface area contributed by atoms with E-state index in [0.717, 1.165) is 5.56 Å². The Morgan fingerprint density at radius 1 is 0.788 bits per heavy atom. The van der Waals surface area contributed by atoms with Crippen molar-refractivity contribution in [3.63, 3.8) is 0 Å². The lowest BCUT2D eigenvalue weighted by atomic mass is 10.2. The predicted molar refractivity (Wildman–Crippen MR) is 119 cm³/mol. The average Bonchev–Trinajstić information content (AvgIpc) is 2.83. The van der Waals surface area contributed by atoms with Crippen LogP contribution in [0.25, 0.3) is 0 Å². The van der Waals surface area contributed by atoms with Gasteiger partial charge in [0.1, 0.15) is 5.69 Å². The molecule has 0 aliphatic carbocycles. The average molecular weight is 466 g/mol. The number of rotatable bonds is 12. The van der Waals surface area contributed by atoms with Crippen molar-refractivity contribution < 1.29 is 29.7 Å². The van der Waals surface area contributed by atoms with Crippen molar-refractivity contribution in [2.75, 3.05) is 72.0 Å². The Labute approximate surface area is 192 Å². The summed E-state index contributed by atoms with van der Waals surface area (Å²) in [7, 11) is 0. The second-order valence-electron chi connectivity index (χ2n) is 8.04. The number of carboxylic acids is 3. The molecule has 0 aromatic heterocycles. The minimum atomic E-state index is -0.953. The molecule has 1 saturated heterocycles. The van der Waals surface area contributed by atoms with Gasteiger partial charge in [-0.3, -0.25) is 34.0 Å². The second-order valence-corrected chi connectivity index (χ2v) is 8.04. The number of nitrogens with zero attached hydrogens (tertiary/aromatic N) is 5. The van der Waals surface area contributed by atoms with Crippen LogP contribution in [0, 0.1) is 4.91 Å². The zero-order valence-electron chi connectivity index (χ0n) is 18.5. The van der Waals surface area contributed by atoms with Crippen LogP contribution >= 0.6 is 0 Å². The Morgan fingerprint density at radius 2 is 1.27 bits per heavy atom. The van der Waals surface area contributed by atoms with E-state index in [1.165, 1.54) is 0 Å². The first-order chi connectivity index (χ1) is 15.7. The highest BCUT2D eigenvalue weighted by molar-refractivity contribution is 5.69. The summed E-state index contributed by atoms with van der Waals surface area (Å²) in [6.07, 6.45) is 0. The molecule has 0 spiro atoms. The Morgan fingerprint density at radius 3 is 1.70 bits per heavy atom. The molecular formula is C21H31N5O7. The Kier molecular flexibility index (Phi) is 10.8. The van der Waals surface area contributed by atoms with Crippen LogP contribution in [0.15, 0.2) is 29.4 Å². The summed E-state index contributed by atoms with van der Waals surface area (Å²) in [4.78, 5) is 51.7. The van der Waals surface area contributed by atoms with Gasteiger partial charge in [-0.15, -0.1) is 4.91 Å². The molecular weight excluding hydrogens is 434 g/mol. The zero-order valence-corrected chi connectivity index (χ0v) is 18.5. The van der Waals surface area contributed by atoms with Gasteiger partial charge in [-0.1, -0.05) is 12.1 Å². The van der Waals surface area contributed by atoms with E-state index in [1.807, 2.05) is 0 Å². The number of hydrogen-bond acceptors (Lipinski definition) is 9. The van der Waals surface area contributed by atoms with Crippen LogP contribution in [0.5, 0.6) is 0 Å². The van der Waals surface area contributed by atoms with Gasteiger partial charge in [-0.05, 0) is 22.9 Å². The van der Waals surface area contributed by atoms with E-state index in [0.29, 0.717) is 64.6 Å². The molecule has 1 aliphatic rings. The topological polar surface area (TPSA) is 154 Å². The lowest BCUT2D eigenvalue weighted by Crippen LogP contribution is -2.42. The third-order valence-electron chi connectivity index (χ3n) is 5.45. The van der Waals surface area contributed by atoms with Crippen molar-refractivity contribution in [2.45, 2.75) is 6.54 Å². The number of hydrogen-bond donors (Lipinski definition) is 3. The van der Waals surface area contributed by atoms with E-state index >= 15 is 0 Å². The molecule has 12 heteroatoms. The lowest BCUT2D eigenvalue weighted by Gasteiger charge is -2.28. The molecule has 1 heterocycles. The normalized spacial score (nSPS) is 16.6. The van der Waals surface area contributed by atoms with Crippen LogP contribution in [0.1, 0.15) is 5.56 Å². The maximum Gasteiger partial charge on any atom is 0.317 e. The first-order valence-electron chi connectivity index (χ1n) is 10.7. The fourth-order valence-electron chi connectivity index (χ4n) is 3.71. The highest BCUT2D eigenvalue weighted by atomic mass is 16.4. The smallest absolute Gasteiger partial charge is 0.317 e. The minimum absolute atomic E-state index is 0.120. The summed E-state index contributed by atoms with van der Waals surface area (Å²) in [5.41, 5.74) is 1.16. The molecule has 0 amide bonds. The number of aliphatic carboxylic acids is 3. The summed E-state index contributed by atoms with van der Waals surface area (Å²) < 4.78 is 0. The van der Waals surface area contributed by atoms with E-state index < -0.39 is 17.9 Å². The second kappa shape index (κ2) is 13.6. The predicted octanol–water partition coefficient (Wildman–Crippen LogP) is 0.0599. The van der Waals surface area contributed by atoms with E-state index in [2.05, 4.69) is 10.1 Å². The van der Waals surface area contributed by atoms with Crippen LogP contribution in [-0.4, -0.2) is 125 Å². The van der Waals surface area contributed by atoms with Crippen LogP contribution in [0.4, 0.5) is 5.69 Å². The van der Waals surface area contributed by atoms with E-state index in [4.69, 9.17) is 10.2 Å². The third-order valence-corrected chi connectivity index (χ3v) is 5.45. The van der Waals surface area contributed by atoms with Gasteiger partial charge in [-0.25, -0.2) is 0 Å².